The van der Waals surface area contributed by atoms with Crippen molar-refractivity contribution >= 4 is 0 Å². The fraction of sp³-hybridized carbons (Fsp3) is 1.00. The molecule has 0 fully saturated rings. The zero-order chi connectivity index (χ0) is 27.6. The summed E-state index contributed by atoms with van der Waals surface area (Å²) in [5, 5.41) is 0. The third-order valence-corrected chi connectivity index (χ3v) is 3.08. The molecule has 1 unspecified atom stereocenters. The van der Waals surface area contributed by atoms with Crippen LogP contribution in [0.15, 0.2) is 0 Å². The van der Waals surface area contributed by atoms with Crippen LogP contribution in [-0.2, 0) is 4.84 Å². The molecule has 0 aromatic rings. The number of nitrogens with one attached hydrogen (secondary N) is 1. The van der Waals surface area contributed by atoms with E-state index in [-0.39, 0.29) is 11.6 Å². The first-order valence-electron chi connectivity index (χ1n) is 12.9. The van der Waals surface area contributed by atoms with E-state index in [1.807, 2.05) is 34.6 Å². The topological polar surface area (TPSA) is 125 Å². The molecule has 6 nitrogen and oxygen atoms in total. The van der Waals surface area contributed by atoms with E-state index in [4.69, 9.17) is 22.0 Å². The van der Waals surface area contributed by atoms with Crippen LogP contribution in [0.25, 0.3) is 0 Å². The predicted octanol–water partition coefficient (Wildman–Crippen LogP) is 6.21. The third-order valence-electron chi connectivity index (χ3n) is 3.08. The molecule has 0 rings (SSSR count). The molecule has 6 heteroatoms. The molecule has 0 aliphatic rings. The molecule has 0 saturated heterocycles. The molecule has 0 heterocycles. The summed E-state index contributed by atoms with van der Waals surface area (Å²) in [6, 6.07) is 0.215. The molecular formula is C26H71N5O. The van der Waals surface area contributed by atoms with Crippen molar-refractivity contribution in [1.29, 1.82) is 0 Å². The van der Waals surface area contributed by atoms with E-state index in [2.05, 4.69) is 66.6 Å². The normalized spacial score (nSPS) is 10.2. The zero-order valence-electron chi connectivity index (χ0n) is 25.5. The van der Waals surface area contributed by atoms with Crippen LogP contribution in [0.4, 0.5) is 0 Å². The van der Waals surface area contributed by atoms with Crippen LogP contribution in [0, 0.1) is 5.41 Å². The first kappa shape index (κ1) is 49.0. The highest BCUT2D eigenvalue weighted by molar-refractivity contribution is 4.82. The highest BCUT2D eigenvalue weighted by Gasteiger charge is 2.24. The Bertz CT molecular complexity index is 241. The Balaban J connectivity index is -0.0000000573. The summed E-state index contributed by atoms with van der Waals surface area (Å²) in [5.74, 6) is 0. The molecular weight excluding hydrogens is 398 g/mol. The van der Waals surface area contributed by atoms with E-state index in [1.54, 1.807) is 7.11 Å². The van der Waals surface area contributed by atoms with Crippen LogP contribution in [0.2, 0.25) is 0 Å². The van der Waals surface area contributed by atoms with Crippen LogP contribution < -0.4 is 28.4 Å². The lowest BCUT2D eigenvalue weighted by Crippen LogP contribution is -2.44. The van der Waals surface area contributed by atoms with Crippen molar-refractivity contribution in [3.8, 4) is 0 Å². The lowest BCUT2D eigenvalue weighted by atomic mass is 9.84. The van der Waals surface area contributed by atoms with Crippen molar-refractivity contribution < 1.29 is 4.84 Å². The Kier molecular flexibility index (Phi) is 68.1. The van der Waals surface area contributed by atoms with Crippen molar-refractivity contribution in [2.24, 2.45) is 28.3 Å². The van der Waals surface area contributed by atoms with Gasteiger partial charge in [-0.2, -0.15) is 5.48 Å². The lowest BCUT2D eigenvalue weighted by molar-refractivity contribution is 0.0196. The number of hydrogen-bond acceptors (Lipinski definition) is 6. The van der Waals surface area contributed by atoms with E-state index in [9.17, 15) is 0 Å². The number of nitrogens with two attached hydrogens (primary N) is 4. The second-order valence-corrected chi connectivity index (χ2v) is 8.47. The van der Waals surface area contributed by atoms with Gasteiger partial charge in [0, 0.05) is 11.6 Å². The molecule has 32 heavy (non-hydrogen) atoms. The Morgan fingerprint density at radius 3 is 1.25 bits per heavy atom. The van der Waals surface area contributed by atoms with E-state index in [1.165, 1.54) is 32.7 Å². The molecule has 0 aliphatic carbocycles. The quantitative estimate of drug-likeness (QED) is 0.269. The minimum Gasteiger partial charge on any atom is -0.333 e. The second kappa shape index (κ2) is 44.4. The molecule has 0 aromatic heterocycles. The van der Waals surface area contributed by atoms with Gasteiger partial charge in [0.25, 0.3) is 0 Å². The van der Waals surface area contributed by atoms with Gasteiger partial charge in [-0.25, -0.2) is 0 Å². The Labute approximate surface area is 206 Å². The smallest absolute Gasteiger partial charge is 0.0572 e. The van der Waals surface area contributed by atoms with E-state index in [0.717, 1.165) is 25.9 Å². The van der Waals surface area contributed by atoms with E-state index >= 15 is 0 Å². The minimum absolute atomic E-state index is 0.0561. The lowest BCUT2D eigenvalue weighted by Gasteiger charge is -2.31. The van der Waals surface area contributed by atoms with Crippen molar-refractivity contribution in [2.45, 2.75) is 140 Å². The maximum absolute atomic E-state index is 6.08. The highest BCUT2D eigenvalue weighted by Crippen LogP contribution is 2.23. The summed E-state index contributed by atoms with van der Waals surface area (Å²) in [6.45, 7) is 28.8. The number of hydrogen-bond donors (Lipinski definition) is 5. The molecule has 0 saturated carbocycles. The summed E-state index contributed by atoms with van der Waals surface area (Å²) < 4.78 is 0. The Morgan fingerprint density at radius 1 is 0.750 bits per heavy atom. The minimum atomic E-state index is -0.0561. The molecule has 0 aliphatic heterocycles. The van der Waals surface area contributed by atoms with Crippen molar-refractivity contribution in [2.75, 3.05) is 27.2 Å². The second-order valence-electron chi connectivity index (χ2n) is 8.47. The average Bonchev–Trinajstić information content (AvgIpc) is 2.72. The first-order valence-corrected chi connectivity index (χ1v) is 12.9. The predicted molar refractivity (Wildman–Crippen MR) is 153 cm³/mol. The van der Waals surface area contributed by atoms with Gasteiger partial charge in [-0.1, -0.05) is 95.4 Å². The fourth-order valence-corrected chi connectivity index (χ4v) is 2.04. The average molecular weight is 470 g/mol. The Hall–Kier alpha value is -0.240. The van der Waals surface area contributed by atoms with E-state index in [0.29, 0.717) is 5.41 Å². The maximum atomic E-state index is 6.08. The van der Waals surface area contributed by atoms with Gasteiger partial charge in [0.05, 0.1) is 7.11 Å². The molecule has 0 radical (unpaired) electrons. The number of hydroxylamine groups is 1. The van der Waals surface area contributed by atoms with Crippen molar-refractivity contribution in [3.05, 3.63) is 0 Å². The summed E-state index contributed by atoms with van der Waals surface area (Å²) in [5.41, 5.74) is 23.8. The van der Waals surface area contributed by atoms with Crippen LogP contribution in [0.3, 0.4) is 0 Å². The SMILES string of the molecule is CC.CC.CCCC.CCCCN.CCN.CN.CONC(C)(C)CC(N)CC(C)(C)C. The molecule has 0 amide bonds. The molecule has 0 bridgehead atoms. The number of unbranched alkanes of at least 4 members (excludes halogenated alkanes) is 2. The zero-order valence-corrected chi connectivity index (χ0v) is 25.5. The van der Waals surface area contributed by atoms with E-state index < -0.39 is 0 Å². The molecule has 1 atom stereocenters. The van der Waals surface area contributed by atoms with Gasteiger partial charge in [-0.3, -0.25) is 0 Å². The van der Waals surface area contributed by atoms with Gasteiger partial charge >= 0.3 is 0 Å². The third kappa shape index (κ3) is 87.6. The first-order chi connectivity index (χ1) is 14.9. The molecule has 9 N–H and O–H groups in total. The van der Waals surface area contributed by atoms with Crippen LogP contribution >= 0.6 is 0 Å². The summed E-state index contributed by atoms with van der Waals surface area (Å²) >= 11 is 0. The van der Waals surface area contributed by atoms with Crippen LogP contribution in [0.5, 0.6) is 0 Å². The van der Waals surface area contributed by atoms with Gasteiger partial charge in [0.15, 0.2) is 0 Å². The Morgan fingerprint density at radius 2 is 1.09 bits per heavy atom. The van der Waals surface area contributed by atoms with Gasteiger partial charge in [0.1, 0.15) is 0 Å². The van der Waals surface area contributed by atoms with Crippen LogP contribution in [-0.4, -0.2) is 38.8 Å². The highest BCUT2D eigenvalue weighted by atomic mass is 16.6. The largest absolute Gasteiger partial charge is 0.333 e. The summed E-state index contributed by atoms with van der Waals surface area (Å²) in [7, 11) is 3.14. The monoisotopic (exact) mass is 470 g/mol. The van der Waals surface area contributed by atoms with Crippen molar-refractivity contribution in [1.82, 2.24) is 5.48 Å². The molecule has 0 aromatic carbocycles. The van der Waals surface area contributed by atoms with Gasteiger partial charge < -0.3 is 27.8 Å². The van der Waals surface area contributed by atoms with Gasteiger partial charge in [-0.15, -0.1) is 0 Å². The standard InChI is InChI=1S/C11H26N2O.C4H11N.C4H10.C2H7N.2C2H6.CH5N/c1-10(2,3)7-9(12)8-11(4,5)13-14-6;1-2-3-4-5;1-3-4-2;1-2-3;3*1-2/h9,13H,7-8,12H2,1-6H3;2-5H2,1H3;3-4H2,1-2H3;2-3H2,1H3;2*1-2H3;2H2,1H3. The maximum Gasteiger partial charge on any atom is 0.0572 e. The van der Waals surface area contributed by atoms with Gasteiger partial charge in [0.2, 0.25) is 0 Å². The molecule has 206 valence electrons. The fourth-order valence-electron chi connectivity index (χ4n) is 2.04. The van der Waals surface area contributed by atoms with Gasteiger partial charge in [-0.05, 0) is 58.7 Å². The summed E-state index contributed by atoms with van der Waals surface area (Å²) in [4.78, 5) is 4.93. The van der Waals surface area contributed by atoms with Crippen LogP contribution in [0.1, 0.15) is 129 Å². The molecule has 0 spiro atoms. The van der Waals surface area contributed by atoms with Crippen molar-refractivity contribution in [3.63, 3.8) is 0 Å². The number of rotatable bonds is 8. The summed E-state index contributed by atoms with van der Waals surface area (Å²) in [6.07, 6.45) is 6.97.